The van der Waals surface area contributed by atoms with E-state index in [0.29, 0.717) is 0 Å². The molecule has 0 amide bonds. The van der Waals surface area contributed by atoms with Gasteiger partial charge in [-0.3, -0.25) is 0 Å². The first-order chi connectivity index (χ1) is 7.56. The van der Waals surface area contributed by atoms with E-state index < -0.39 is 11.4 Å². The number of hydrogen-bond acceptors (Lipinski definition) is 5. The van der Waals surface area contributed by atoms with Crippen molar-refractivity contribution >= 4 is 17.6 Å². The number of rotatable bonds is 3. The van der Waals surface area contributed by atoms with Crippen LogP contribution < -0.4 is 0 Å². The van der Waals surface area contributed by atoms with Gasteiger partial charge in [0.25, 0.3) is 0 Å². The maximum Gasteiger partial charge on any atom is 0.332 e. The first-order valence-electron chi connectivity index (χ1n) is 4.60. The number of halogens is 1. The number of nitriles is 1. The van der Waals surface area contributed by atoms with Crippen LogP contribution in [0.25, 0.3) is 0 Å². The largest absolute Gasteiger partial charge is 0.465 e. The van der Waals surface area contributed by atoms with Crippen LogP contribution in [0.2, 0.25) is 5.02 Å². The van der Waals surface area contributed by atoms with Gasteiger partial charge in [0.05, 0.1) is 23.4 Å². The third-order valence-electron chi connectivity index (χ3n) is 2.05. The Hall–Kier alpha value is -1.67. The van der Waals surface area contributed by atoms with Crippen LogP contribution in [0.1, 0.15) is 19.5 Å². The number of hydrogen-bond donors (Lipinski definition) is 0. The van der Waals surface area contributed by atoms with Gasteiger partial charge in [-0.15, -0.1) is 0 Å². The Balaban J connectivity index is 3.21. The van der Waals surface area contributed by atoms with E-state index in [9.17, 15) is 4.79 Å². The lowest BCUT2D eigenvalue weighted by atomic mass is 9.88. The number of nitrogens with zero attached hydrogens (tertiary/aromatic N) is 3. The molecule has 0 aliphatic carbocycles. The zero-order valence-corrected chi connectivity index (χ0v) is 9.65. The zero-order valence-electron chi connectivity index (χ0n) is 8.90. The summed E-state index contributed by atoms with van der Waals surface area (Å²) in [5.74, 6) is -0.668. The van der Waals surface area contributed by atoms with Gasteiger partial charge in [-0.25, -0.2) is 14.8 Å². The van der Waals surface area contributed by atoms with E-state index in [2.05, 4.69) is 9.97 Å². The van der Waals surface area contributed by atoms with E-state index in [0.717, 1.165) is 0 Å². The van der Waals surface area contributed by atoms with Gasteiger partial charge >= 0.3 is 5.97 Å². The van der Waals surface area contributed by atoms with Gasteiger partial charge in [0, 0.05) is 6.20 Å². The smallest absolute Gasteiger partial charge is 0.332 e. The molecular formula is C10H10ClN3O2. The normalized spacial score (nSPS) is 13.6. The van der Waals surface area contributed by atoms with Gasteiger partial charge in [-0.2, -0.15) is 5.26 Å². The Morgan fingerprint density at radius 3 is 2.94 bits per heavy atom. The minimum Gasteiger partial charge on any atom is -0.465 e. The molecule has 0 spiro atoms. The third kappa shape index (κ3) is 2.12. The van der Waals surface area contributed by atoms with Crippen LogP contribution in [0.3, 0.4) is 0 Å². The molecule has 0 N–H and O–H groups in total. The van der Waals surface area contributed by atoms with Gasteiger partial charge < -0.3 is 4.74 Å². The average Bonchev–Trinajstić information content (AvgIpc) is 2.29. The molecule has 0 radical (unpaired) electrons. The fourth-order valence-corrected chi connectivity index (χ4v) is 1.45. The van der Waals surface area contributed by atoms with E-state index in [1.165, 1.54) is 19.4 Å². The molecule has 1 aromatic heterocycles. The molecule has 0 aromatic carbocycles. The summed E-state index contributed by atoms with van der Waals surface area (Å²) >= 11 is 5.85. The van der Waals surface area contributed by atoms with E-state index >= 15 is 0 Å². The summed E-state index contributed by atoms with van der Waals surface area (Å²) in [6, 6.07) is 1.87. The van der Waals surface area contributed by atoms with Crippen LogP contribution in [0.4, 0.5) is 0 Å². The number of aromatic nitrogens is 2. The third-order valence-corrected chi connectivity index (χ3v) is 2.33. The first-order valence-corrected chi connectivity index (χ1v) is 4.98. The number of ether oxygens (including phenoxy) is 1. The lowest BCUT2D eigenvalue weighted by molar-refractivity contribution is -0.147. The second kappa shape index (κ2) is 4.90. The molecule has 0 saturated heterocycles. The summed E-state index contributed by atoms with van der Waals surface area (Å²) in [4.78, 5) is 19.2. The van der Waals surface area contributed by atoms with Gasteiger partial charge in [0.1, 0.15) is 6.33 Å². The Bertz CT molecular complexity index is 444. The number of carbonyl (C=O) groups excluding carboxylic acids is 1. The van der Waals surface area contributed by atoms with Gasteiger partial charge in [-0.05, 0) is 13.8 Å². The van der Waals surface area contributed by atoms with Crippen molar-refractivity contribution in [3.63, 3.8) is 0 Å². The average molecular weight is 240 g/mol. The molecule has 84 valence electrons. The Kier molecular flexibility index (Phi) is 3.80. The summed E-state index contributed by atoms with van der Waals surface area (Å²) < 4.78 is 4.83. The SMILES string of the molecule is CCOC(=O)C(C)(C#N)c1ncncc1Cl. The predicted octanol–water partition coefficient (Wildman–Crippen LogP) is 1.47. The summed E-state index contributed by atoms with van der Waals surface area (Å²) in [6.45, 7) is 3.27. The molecule has 1 rings (SSSR count). The highest BCUT2D eigenvalue weighted by Crippen LogP contribution is 2.28. The number of carbonyl (C=O) groups is 1. The second-order valence-electron chi connectivity index (χ2n) is 3.18. The Morgan fingerprint density at radius 2 is 2.44 bits per heavy atom. The van der Waals surface area contributed by atoms with Gasteiger partial charge in [-0.1, -0.05) is 11.6 Å². The Morgan fingerprint density at radius 1 is 1.75 bits per heavy atom. The van der Waals surface area contributed by atoms with Crippen LogP contribution in [-0.4, -0.2) is 22.5 Å². The molecule has 1 atom stereocenters. The monoisotopic (exact) mass is 239 g/mol. The summed E-state index contributed by atoms with van der Waals surface area (Å²) in [5, 5.41) is 9.26. The summed E-state index contributed by atoms with van der Waals surface area (Å²) in [6.07, 6.45) is 2.56. The molecule has 5 nitrogen and oxygen atoms in total. The van der Waals surface area contributed by atoms with Crippen molar-refractivity contribution in [1.82, 2.24) is 9.97 Å². The molecule has 1 aromatic rings. The Labute approximate surface area is 98.0 Å². The molecule has 1 heterocycles. The van der Waals surface area contributed by atoms with Crippen molar-refractivity contribution < 1.29 is 9.53 Å². The van der Waals surface area contributed by atoms with E-state index in [1.807, 2.05) is 6.07 Å². The van der Waals surface area contributed by atoms with Crippen molar-refractivity contribution in [3.05, 3.63) is 23.2 Å². The fourth-order valence-electron chi connectivity index (χ4n) is 1.15. The number of esters is 1. The van der Waals surface area contributed by atoms with Crippen LogP contribution in [0.5, 0.6) is 0 Å². The highest BCUT2D eigenvalue weighted by atomic mass is 35.5. The molecule has 6 heteroatoms. The highest BCUT2D eigenvalue weighted by Gasteiger charge is 2.40. The molecule has 0 fully saturated rings. The molecule has 0 bridgehead atoms. The van der Waals surface area contributed by atoms with E-state index in [1.54, 1.807) is 6.92 Å². The van der Waals surface area contributed by atoms with Crippen LogP contribution in [-0.2, 0) is 14.9 Å². The standard InChI is InChI=1S/C10H10ClN3O2/c1-3-16-9(15)10(2,5-12)8-7(11)4-13-6-14-8/h4,6H,3H2,1-2H3. The quantitative estimate of drug-likeness (QED) is 0.747. The summed E-state index contributed by atoms with van der Waals surface area (Å²) in [7, 11) is 0. The molecule has 0 saturated carbocycles. The topological polar surface area (TPSA) is 75.9 Å². The van der Waals surface area contributed by atoms with Crippen molar-refractivity contribution in [2.24, 2.45) is 0 Å². The highest BCUT2D eigenvalue weighted by molar-refractivity contribution is 6.31. The van der Waals surface area contributed by atoms with E-state index in [-0.39, 0.29) is 17.3 Å². The van der Waals surface area contributed by atoms with Crippen molar-refractivity contribution in [2.45, 2.75) is 19.3 Å². The zero-order chi connectivity index (χ0) is 12.2. The maximum atomic E-state index is 11.7. The van der Waals surface area contributed by atoms with Crippen LogP contribution in [0.15, 0.2) is 12.5 Å². The second-order valence-corrected chi connectivity index (χ2v) is 3.58. The lowest BCUT2D eigenvalue weighted by Gasteiger charge is -2.19. The van der Waals surface area contributed by atoms with Crippen molar-refractivity contribution in [3.8, 4) is 6.07 Å². The van der Waals surface area contributed by atoms with Crippen LogP contribution in [0, 0.1) is 11.3 Å². The van der Waals surface area contributed by atoms with Crippen molar-refractivity contribution in [1.29, 1.82) is 5.26 Å². The summed E-state index contributed by atoms with van der Waals surface area (Å²) in [5.41, 5.74) is -1.35. The van der Waals surface area contributed by atoms with Crippen LogP contribution >= 0.6 is 11.6 Å². The maximum absolute atomic E-state index is 11.7. The van der Waals surface area contributed by atoms with E-state index in [4.69, 9.17) is 21.6 Å². The molecular weight excluding hydrogens is 230 g/mol. The fraction of sp³-hybridized carbons (Fsp3) is 0.400. The minimum absolute atomic E-state index is 0.158. The molecule has 16 heavy (non-hydrogen) atoms. The first kappa shape index (κ1) is 12.4. The molecule has 0 aliphatic rings. The predicted molar refractivity (Wildman–Crippen MR) is 56.6 cm³/mol. The van der Waals surface area contributed by atoms with Crippen molar-refractivity contribution in [2.75, 3.05) is 6.61 Å². The minimum atomic E-state index is -1.50. The van der Waals surface area contributed by atoms with Gasteiger partial charge in [0.15, 0.2) is 5.41 Å². The molecule has 1 unspecified atom stereocenters. The van der Waals surface area contributed by atoms with Gasteiger partial charge in [0.2, 0.25) is 0 Å². The molecule has 0 aliphatic heterocycles. The lowest BCUT2D eigenvalue weighted by Crippen LogP contribution is -2.34.